The predicted octanol–water partition coefficient (Wildman–Crippen LogP) is 16.3. The third-order valence-corrected chi connectivity index (χ3v) is 12.2. The van der Waals surface area contributed by atoms with E-state index in [-0.39, 0.29) is 67.6 Å². The molecule has 2 amide bonds. The summed E-state index contributed by atoms with van der Waals surface area (Å²) >= 11 is 0. The SMILES string of the molecule is O=C1c2cccc(-n3c4cc(-c5cc(C(F)(F)F)cc(C(F)(F)F)c5)ccc4c4ccc(-c5cc(C(F)(F)F)cc(C(F)(F)F)c5)cc43)c2C(=O)N1c1c(-c2ccccc2)cccc1-c1ccccc1. The number of anilines is 1. The molecule has 350 valence electrons. The Morgan fingerprint density at radius 2 is 0.714 bits per heavy atom. The number of hydrogen-bond acceptors (Lipinski definition) is 2. The molecule has 0 fully saturated rings. The first-order valence-electron chi connectivity index (χ1n) is 21.0. The number of imide groups is 1. The van der Waals surface area contributed by atoms with Crippen LogP contribution in [0.5, 0.6) is 0 Å². The van der Waals surface area contributed by atoms with Gasteiger partial charge < -0.3 is 4.57 Å². The first-order valence-corrected chi connectivity index (χ1v) is 21.0. The van der Waals surface area contributed by atoms with E-state index in [1.807, 2.05) is 0 Å². The summed E-state index contributed by atoms with van der Waals surface area (Å²) in [6, 6.07) is 37.1. The molecule has 0 radical (unpaired) electrons. The third kappa shape index (κ3) is 7.92. The minimum Gasteiger partial charge on any atom is -0.308 e. The molecular formula is C54H28F12N2O2. The van der Waals surface area contributed by atoms with Gasteiger partial charge in [0.25, 0.3) is 11.8 Å². The molecule has 16 heteroatoms. The Balaban J connectivity index is 1.25. The first-order chi connectivity index (χ1) is 33.1. The van der Waals surface area contributed by atoms with Gasteiger partial charge in [-0.3, -0.25) is 9.59 Å². The topological polar surface area (TPSA) is 42.3 Å². The molecule has 2 heterocycles. The zero-order valence-electron chi connectivity index (χ0n) is 35.4. The van der Waals surface area contributed by atoms with E-state index < -0.39 is 69.9 Å². The van der Waals surface area contributed by atoms with Crippen molar-refractivity contribution in [2.45, 2.75) is 24.7 Å². The van der Waals surface area contributed by atoms with Crippen molar-refractivity contribution in [2.24, 2.45) is 0 Å². The van der Waals surface area contributed by atoms with Crippen molar-refractivity contribution in [1.29, 1.82) is 0 Å². The fourth-order valence-corrected chi connectivity index (χ4v) is 9.02. The van der Waals surface area contributed by atoms with Gasteiger partial charge in [0.05, 0.1) is 55.8 Å². The Hall–Kier alpha value is -8.14. The highest BCUT2D eigenvalue weighted by Gasteiger charge is 2.43. The quantitative estimate of drug-likeness (QED) is 0.123. The molecule has 4 nitrogen and oxygen atoms in total. The molecular weight excluding hydrogens is 937 g/mol. The van der Waals surface area contributed by atoms with Gasteiger partial charge >= 0.3 is 24.7 Å². The molecule has 1 aliphatic rings. The minimum absolute atomic E-state index is 0.0284. The number of para-hydroxylation sites is 1. The van der Waals surface area contributed by atoms with Crippen LogP contribution in [0.4, 0.5) is 58.4 Å². The van der Waals surface area contributed by atoms with Crippen LogP contribution in [0.3, 0.4) is 0 Å². The lowest BCUT2D eigenvalue weighted by atomic mass is 9.95. The maximum atomic E-state index is 15.3. The molecule has 0 spiro atoms. The maximum Gasteiger partial charge on any atom is 0.416 e. The van der Waals surface area contributed by atoms with Crippen molar-refractivity contribution in [3.05, 3.63) is 203 Å². The fraction of sp³-hybridized carbons (Fsp3) is 0.0741. The highest BCUT2D eigenvalue weighted by atomic mass is 19.4. The molecule has 9 aromatic rings. The van der Waals surface area contributed by atoms with Crippen LogP contribution < -0.4 is 4.90 Å². The summed E-state index contributed by atoms with van der Waals surface area (Å²) in [4.78, 5) is 31.2. The van der Waals surface area contributed by atoms with Crippen molar-refractivity contribution in [1.82, 2.24) is 4.57 Å². The normalized spacial score (nSPS) is 13.5. The van der Waals surface area contributed by atoms with E-state index in [1.54, 1.807) is 78.9 Å². The van der Waals surface area contributed by atoms with E-state index >= 15 is 4.79 Å². The van der Waals surface area contributed by atoms with Gasteiger partial charge in [-0.05, 0) is 94.0 Å². The number of fused-ring (bicyclic) bond motifs is 4. The summed E-state index contributed by atoms with van der Waals surface area (Å²) in [5, 5.41) is 0.528. The number of carbonyl (C=O) groups is 2. The summed E-state index contributed by atoms with van der Waals surface area (Å²) in [5.41, 5.74) is -5.58. The number of carbonyl (C=O) groups excluding carboxylic acids is 2. The number of benzene rings is 8. The molecule has 1 aliphatic heterocycles. The largest absolute Gasteiger partial charge is 0.416 e. The maximum absolute atomic E-state index is 15.3. The molecule has 10 rings (SSSR count). The molecule has 0 N–H and O–H groups in total. The molecule has 0 bridgehead atoms. The van der Waals surface area contributed by atoms with E-state index in [0.29, 0.717) is 46.5 Å². The second-order valence-corrected chi connectivity index (χ2v) is 16.5. The Morgan fingerprint density at radius 1 is 0.329 bits per heavy atom. The zero-order valence-corrected chi connectivity index (χ0v) is 35.4. The average molecular weight is 965 g/mol. The Morgan fingerprint density at radius 3 is 1.11 bits per heavy atom. The lowest BCUT2D eigenvalue weighted by Crippen LogP contribution is -2.30. The molecule has 70 heavy (non-hydrogen) atoms. The molecule has 1 aromatic heterocycles. The van der Waals surface area contributed by atoms with E-state index in [2.05, 4.69) is 0 Å². The number of rotatable bonds is 6. The highest BCUT2D eigenvalue weighted by molar-refractivity contribution is 6.37. The van der Waals surface area contributed by atoms with Gasteiger partial charge in [-0.2, -0.15) is 52.7 Å². The number of halogens is 12. The summed E-state index contributed by atoms with van der Waals surface area (Å²) in [6.45, 7) is 0. The molecule has 0 saturated heterocycles. The van der Waals surface area contributed by atoms with E-state index in [9.17, 15) is 57.5 Å². The lowest BCUT2D eigenvalue weighted by molar-refractivity contribution is -0.144. The van der Waals surface area contributed by atoms with Crippen LogP contribution in [0.2, 0.25) is 0 Å². The van der Waals surface area contributed by atoms with E-state index in [0.717, 1.165) is 4.90 Å². The number of aromatic nitrogens is 1. The van der Waals surface area contributed by atoms with Crippen LogP contribution in [-0.2, 0) is 24.7 Å². The lowest BCUT2D eigenvalue weighted by Gasteiger charge is -2.23. The van der Waals surface area contributed by atoms with Crippen molar-refractivity contribution in [2.75, 3.05) is 4.90 Å². The predicted molar refractivity (Wildman–Crippen MR) is 240 cm³/mol. The van der Waals surface area contributed by atoms with Crippen molar-refractivity contribution < 1.29 is 62.3 Å². The molecule has 0 saturated carbocycles. The van der Waals surface area contributed by atoms with Gasteiger partial charge in [0, 0.05) is 21.9 Å². The number of alkyl halides is 12. The van der Waals surface area contributed by atoms with Crippen LogP contribution in [0.15, 0.2) is 170 Å². The number of hydrogen-bond donors (Lipinski definition) is 0. The summed E-state index contributed by atoms with van der Waals surface area (Å²) in [6.07, 6.45) is -20.8. The fourth-order valence-electron chi connectivity index (χ4n) is 9.02. The second kappa shape index (κ2) is 16.2. The first kappa shape index (κ1) is 45.6. The Bertz CT molecular complexity index is 3340. The minimum atomic E-state index is -5.20. The summed E-state index contributed by atoms with van der Waals surface area (Å²) in [5.74, 6) is -1.62. The van der Waals surface area contributed by atoms with Gasteiger partial charge in [0.2, 0.25) is 0 Å². The van der Waals surface area contributed by atoms with Gasteiger partial charge in [0.15, 0.2) is 0 Å². The molecule has 0 unspecified atom stereocenters. The van der Waals surface area contributed by atoms with Gasteiger partial charge in [-0.25, -0.2) is 4.90 Å². The molecule has 8 aromatic carbocycles. The van der Waals surface area contributed by atoms with Crippen LogP contribution in [0.1, 0.15) is 43.0 Å². The highest BCUT2D eigenvalue weighted by Crippen LogP contribution is 2.47. The third-order valence-electron chi connectivity index (χ3n) is 12.2. The van der Waals surface area contributed by atoms with Crippen LogP contribution in [0.25, 0.3) is 72.0 Å². The smallest absolute Gasteiger partial charge is 0.308 e. The van der Waals surface area contributed by atoms with Crippen molar-refractivity contribution in [3.8, 4) is 50.2 Å². The number of amides is 2. The van der Waals surface area contributed by atoms with Gasteiger partial charge in [-0.15, -0.1) is 0 Å². The Kier molecular flexibility index (Phi) is 10.6. The average Bonchev–Trinajstić information content (AvgIpc) is 3.79. The van der Waals surface area contributed by atoms with Crippen LogP contribution in [-0.4, -0.2) is 16.4 Å². The van der Waals surface area contributed by atoms with Gasteiger partial charge in [-0.1, -0.05) is 109 Å². The van der Waals surface area contributed by atoms with Crippen LogP contribution in [0, 0.1) is 0 Å². The van der Waals surface area contributed by atoms with E-state index in [1.165, 1.54) is 59.2 Å². The van der Waals surface area contributed by atoms with Crippen molar-refractivity contribution in [3.63, 3.8) is 0 Å². The number of nitrogens with zero attached hydrogens (tertiary/aromatic N) is 2. The molecule has 0 aliphatic carbocycles. The summed E-state index contributed by atoms with van der Waals surface area (Å²) < 4.78 is 171. The summed E-state index contributed by atoms with van der Waals surface area (Å²) in [7, 11) is 0. The Labute approximate surface area is 388 Å². The monoisotopic (exact) mass is 964 g/mol. The zero-order chi connectivity index (χ0) is 49.7. The van der Waals surface area contributed by atoms with Crippen LogP contribution >= 0.6 is 0 Å². The standard InChI is InChI=1S/C54H28F12N2O2/c55-51(56,57)35-21-33(22-36(27-35)52(58,59)60)31-17-19-41-42-20-18-32(34-23-37(53(61,62)63)28-38(24-34)54(64,65)66)26-46(42)67(45(41)25-31)44-16-8-15-43-47(44)50(70)68(49(43)69)48-39(29-9-3-1-4-10-29)13-7-14-40(48)30-11-5-2-6-12-30/h1-28H. The second-order valence-electron chi connectivity index (χ2n) is 16.5. The van der Waals surface area contributed by atoms with Crippen molar-refractivity contribution >= 4 is 39.3 Å². The van der Waals surface area contributed by atoms with Gasteiger partial charge in [0.1, 0.15) is 0 Å². The van der Waals surface area contributed by atoms with E-state index in [4.69, 9.17) is 0 Å². The molecule has 0 atom stereocenters.